The van der Waals surface area contributed by atoms with E-state index in [1.807, 2.05) is 0 Å². The summed E-state index contributed by atoms with van der Waals surface area (Å²) in [7, 11) is 1.78. The van der Waals surface area contributed by atoms with Crippen molar-refractivity contribution in [3.8, 4) is 0 Å². The zero-order valence-corrected chi connectivity index (χ0v) is 14.6. The van der Waals surface area contributed by atoms with Crippen LogP contribution in [0.4, 0.5) is 0 Å². The molecule has 1 aliphatic rings. The summed E-state index contributed by atoms with van der Waals surface area (Å²) in [6.45, 7) is 7.33. The van der Waals surface area contributed by atoms with Crippen LogP contribution < -0.4 is 10.6 Å². The van der Waals surface area contributed by atoms with Crippen LogP contribution in [0.1, 0.15) is 33.1 Å². The van der Waals surface area contributed by atoms with Crippen LogP contribution in [0.3, 0.4) is 0 Å². The van der Waals surface area contributed by atoms with E-state index in [0.29, 0.717) is 25.4 Å². The molecule has 5 nitrogen and oxygen atoms in total. The SMILES string of the molecule is CCC(C)NC(=NC)NCCOCC1CCCO1.I. The fourth-order valence-corrected chi connectivity index (χ4v) is 1.76. The van der Waals surface area contributed by atoms with Gasteiger partial charge in [-0.3, -0.25) is 4.99 Å². The van der Waals surface area contributed by atoms with Gasteiger partial charge in [0.2, 0.25) is 0 Å². The van der Waals surface area contributed by atoms with Crippen LogP contribution in [0.15, 0.2) is 4.99 Å². The van der Waals surface area contributed by atoms with Crippen molar-refractivity contribution in [1.82, 2.24) is 10.6 Å². The number of nitrogens with one attached hydrogen (secondary N) is 2. The normalized spacial score (nSPS) is 20.8. The molecule has 0 aromatic heterocycles. The molecule has 1 heterocycles. The molecule has 19 heavy (non-hydrogen) atoms. The second-order valence-corrected chi connectivity index (χ2v) is 4.66. The van der Waals surface area contributed by atoms with Crippen molar-refractivity contribution in [2.45, 2.75) is 45.3 Å². The van der Waals surface area contributed by atoms with Gasteiger partial charge in [0.1, 0.15) is 0 Å². The average Bonchev–Trinajstić information content (AvgIpc) is 2.89. The van der Waals surface area contributed by atoms with E-state index in [2.05, 4.69) is 29.5 Å². The van der Waals surface area contributed by atoms with Gasteiger partial charge in [0.05, 0.1) is 19.3 Å². The van der Waals surface area contributed by atoms with E-state index in [9.17, 15) is 0 Å². The average molecular weight is 385 g/mol. The second kappa shape index (κ2) is 11.7. The quantitative estimate of drug-likeness (QED) is 0.304. The van der Waals surface area contributed by atoms with Gasteiger partial charge >= 0.3 is 0 Å². The lowest BCUT2D eigenvalue weighted by Gasteiger charge is -2.16. The predicted molar refractivity (Wildman–Crippen MR) is 89.5 cm³/mol. The molecule has 1 fully saturated rings. The van der Waals surface area contributed by atoms with Crippen LogP contribution in [0.25, 0.3) is 0 Å². The van der Waals surface area contributed by atoms with Gasteiger partial charge in [-0.2, -0.15) is 0 Å². The highest BCUT2D eigenvalue weighted by molar-refractivity contribution is 14.0. The van der Waals surface area contributed by atoms with E-state index >= 15 is 0 Å². The second-order valence-electron chi connectivity index (χ2n) is 4.66. The molecule has 0 aromatic rings. The summed E-state index contributed by atoms with van der Waals surface area (Å²) in [5, 5.41) is 6.54. The number of aliphatic imine (C=N–C) groups is 1. The molecule has 0 bridgehead atoms. The molecule has 2 N–H and O–H groups in total. The molecule has 6 heteroatoms. The number of guanidine groups is 1. The highest BCUT2D eigenvalue weighted by Gasteiger charge is 2.14. The lowest BCUT2D eigenvalue weighted by atomic mass is 10.2. The van der Waals surface area contributed by atoms with Crippen LogP contribution in [0.2, 0.25) is 0 Å². The summed E-state index contributed by atoms with van der Waals surface area (Å²) in [6.07, 6.45) is 3.68. The molecule has 0 radical (unpaired) electrons. The largest absolute Gasteiger partial charge is 0.377 e. The number of rotatable bonds is 7. The highest BCUT2D eigenvalue weighted by atomic mass is 127. The first kappa shape index (κ1) is 18.9. The summed E-state index contributed by atoms with van der Waals surface area (Å²) in [5.74, 6) is 0.838. The lowest BCUT2D eigenvalue weighted by molar-refractivity contribution is 0.0191. The Morgan fingerprint density at radius 2 is 2.32 bits per heavy atom. The van der Waals surface area contributed by atoms with Crippen LogP contribution in [-0.4, -0.2) is 51.5 Å². The Kier molecular flexibility index (Phi) is 11.7. The van der Waals surface area contributed by atoms with Crippen molar-refractivity contribution in [1.29, 1.82) is 0 Å². The summed E-state index contributed by atoms with van der Waals surface area (Å²) in [6, 6.07) is 0.434. The first-order chi connectivity index (χ1) is 8.76. The molecule has 0 spiro atoms. The Labute approximate surface area is 133 Å². The molecule has 114 valence electrons. The molecule has 0 aromatic carbocycles. The van der Waals surface area contributed by atoms with E-state index in [-0.39, 0.29) is 24.0 Å². The highest BCUT2D eigenvalue weighted by Crippen LogP contribution is 2.11. The van der Waals surface area contributed by atoms with E-state index in [1.165, 1.54) is 0 Å². The fourth-order valence-electron chi connectivity index (χ4n) is 1.76. The minimum absolute atomic E-state index is 0. The minimum atomic E-state index is 0. The number of nitrogens with zero attached hydrogens (tertiary/aromatic N) is 1. The molecule has 1 saturated heterocycles. The topological polar surface area (TPSA) is 54.9 Å². The fraction of sp³-hybridized carbons (Fsp3) is 0.923. The maximum Gasteiger partial charge on any atom is 0.191 e. The van der Waals surface area contributed by atoms with Gasteiger partial charge < -0.3 is 20.1 Å². The Morgan fingerprint density at radius 1 is 1.53 bits per heavy atom. The van der Waals surface area contributed by atoms with Crippen molar-refractivity contribution < 1.29 is 9.47 Å². The van der Waals surface area contributed by atoms with E-state index in [4.69, 9.17) is 9.47 Å². The molecular weight excluding hydrogens is 357 g/mol. The number of hydrogen-bond acceptors (Lipinski definition) is 3. The van der Waals surface area contributed by atoms with Crippen molar-refractivity contribution >= 4 is 29.9 Å². The molecule has 0 amide bonds. The standard InChI is InChI=1S/C13H27N3O2.HI/c1-4-11(2)16-13(14-3)15-7-9-17-10-12-6-5-8-18-12;/h11-12H,4-10H2,1-3H3,(H2,14,15,16);1H. The third-order valence-electron chi connectivity index (χ3n) is 3.09. The zero-order valence-electron chi connectivity index (χ0n) is 12.3. The van der Waals surface area contributed by atoms with Gasteiger partial charge in [-0.15, -0.1) is 24.0 Å². The Morgan fingerprint density at radius 3 is 2.89 bits per heavy atom. The van der Waals surface area contributed by atoms with Crippen LogP contribution in [-0.2, 0) is 9.47 Å². The summed E-state index contributed by atoms with van der Waals surface area (Å²) < 4.78 is 11.1. The van der Waals surface area contributed by atoms with Crippen LogP contribution >= 0.6 is 24.0 Å². The zero-order chi connectivity index (χ0) is 13.2. The van der Waals surface area contributed by atoms with Crippen molar-refractivity contribution in [2.75, 3.05) is 33.4 Å². The molecule has 0 aliphatic carbocycles. The first-order valence-electron chi connectivity index (χ1n) is 6.92. The van der Waals surface area contributed by atoms with Crippen molar-refractivity contribution in [2.24, 2.45) is 4.99 Å². The maximum absolute atomic E-state index is 5.57. The van der Waals surface area contributed by atoms with E-state index in [0.717, 1.165) is 38.4 Å². The molecule has 0 saturated carbocycles. The number of hydrogen-bond donors (Lipinski definition) is 2. The Balaban J connectivity index is 0.00000324. The van der Waals surface area contributed by atoms with Gasteiger partial charge in [0.15, 0.2) is 5.96 Å². The Hall–Kier alpha value is -0.0800. The lowest BCUT2D eigenvalue weighted by Crippen LogP contribution is -2.43. The third-order valence-corrected chi connectivity index (χ3v) is 3.09. The third kappa shape index (κ3) is 8.65. The smallest absolute Gasteiger partial charge is 0.191 e. The van der Waals surface area contributed by atoms with Crippen LogP contribution in [0.5, 0.6) is 0 Å². The molecule has 2 atom stereocenters. The predicted octanol–water partition coefficient (Wildman–Crippen LogP) is 1.76. The van der Waals surface area contributed by atoms with Crippen molar-refractivity contribution in [3.05, 3.63) is 0 Å². The van der Waals surface area contributed by atoms with Crippen molar-refractivity contribution in [3.63, 3.8) is 0 Å². The van der Waals surface area contributed by atoms with Gasteiger partial charge in [-0.05, 0) is 26.2 Å². The van der Waals surface area contributed by atoms with Crippen LogP contribution in [0, 0.1) is 0 Å². The minimum Gasteiger partial charge on any atom is -0.377 e. The van der Waals surface area contributed by atoms with E-state index < -0.39 is 0 Å². The Bertz CT molecular complexity index is 246. The monoisotopic (exact) mass is 385 g/mol. The first-order valence-corrected chi connectivity index (χ1v) is 6.92. The number of ether oxygens (including phenoxy) is 2. The molecule has 2 unspecified atom stereocenters. The summed E-state index contributed by atoms with van der Waals surface area (Å²) in [5.41, 5.74) is 0. The van der Waals surface area contributed by atoms with Gasteiger partial charge in [0.25, 0.3) is 0 Å². The molecular formula is C13H28IN3O2. The number of halogens is 1. The van der Waals surface area contributed by atoms with Gasteiger partial charge in [-0.1, -0.05) is 6.92 Å². The van der Waals surface area contributed by atoms with Gasteiger partial charge in [-0.25, -0.2) is 0 Å². The molecule has 1 rings (SSSR count). The summed E-state index contributed by atoms with van der Waals surface area (Å²) in [4.78, 5) is 4.17. The van der Waals surface area contributed by atoms with Gasteiger partial charge in [0, 0.05) is 26.2 Å². The summed E-state index contributed by atoms with van der Waals surface area (Å²) >= 11 is 0. The molecule has 1 aliphatic heterocycles. The van der Waals surface area contributed by atoms with E-state index in [1.54, 1.807) is 7.05 Å². The maximum atomic E-state index is 5.57.